The maximum atomic E-state index is 13.6. The van der Waals surface area contributed by atoms with Crippen LogP contribution in [0.5, 0.6) is 5.75 Å². The first-order valence-corrected chi connectivity index (χ1v) is 11.5. The molecular weight excluding hydrogens is 408 g/mol. The number of amides is 2. The van der Waals surface area contributed by atoms with Gasteiger partial charge >= 0.3 is 0 Å². The van der Waals surface area contributed by atoms with Crippen molar-refractivity contribution in [1.82, 2.24) is 19.6 Å². The molecule has 0 spiro atoms. The summed E-state index contributed by atoms with van der Waals surface area (Å²) in [6.45, 7) is 6.03. The van der Waals surface area contributed by atoms with Crippen LogP contribution >= 0.6 is 0 Å². The number of nitrogens with zero attached hydrogens (tertiary/aromatic N) is 4. The average molecular weight is 443 g/mol. The van der Waals surface area contributed by atoms with Crippen LogP contribution in [0.15, 0.2) is 30.0 Å². The fourth-order valence-corrected chi connectivity index (χ4v) is 4.82. The molecule has 0 bridgehead atoms. The molecule has 1 aromatic rings. The molecule has 2 amide bonds. The molecule has 0 unspecified atom stereocenters. The van der Waals surface area contributed by atoms with E-state index in [1.807, 2.05) is 36.2 Å². The minimum atomic E-state index is -0.234. The number of hydrogen-bond acceptors (Lipinski definition) is 7. The highest BCUT2D eigenvalue weighted by molar-refractivity contribution is 6.36. The van der Waals surface area contributed by atoms with Crippen molar-refractivity contribution >= 4 is 17.4 Å². The van der Waals surface area contributed by atoms with E-state index in [0.717, 1.165) is 39.0 Å². The van der Waals surface area contributed by atoms with Gasteiger partial charge in [0.2, 0.25) is 0 Å². The lowest BCUT2D eigenvalue weighted by Crippen LogP contribution is -2.45. The van der Waals surface area contributed by atoms with E-state index in [1.165, 1.54) is 4.90 Å². The average Bonchev–Trinajstić information content (AvgIpc) is 3.07. The zero-order valence-electron chi connectivity index (χ0n) is 19.4. The number of rotatable bonds is 7. The van der Waals surface area contributed by atoms with Crippen molar-refractivity contribution in [3.8, 4) is 5.75 Å². The normalized spacial score (nSPS) is 21.5. The van der Waals surface area contributed by atoms with Gasteiger partial charge in [0, 0.05) is 44.8 Å². The molecule has 0 radical (unpaired) electrons. The van der Waals surface area contributed by atoms with Gasteiger partial charge in [-0.3, -0.25) is 19.4 Å². The molecule has 174 valence electrons. The third-order valence-electron chi connectivity index (χ3n) is 6.85. The van der Waals surface area contributed by atoms with E-state index in [1.54, 1.807) is 7.11 Å². The van der Waals surface area contributed by atoms with E-state index in [2.05, 4.69) is 16.8 Å². The number of morpholine rings is 1. The number of para-hydroxylation sites is 1. The van der Waals surface area contributed by atoms with Crippen molar-refractivity contribution in [2.45, 2.75) is 18.9 Å². The largest absolute Gasteiger partial charge is 0.496 e. The van der Waals surface area contributed by atoms with Crippen LogP contribution in [-0.2, 0) is 14.3 Å². The van der Waals surface area contributed by atoms with Gasteiger partial charge in [0.1, 0.15) is 11.4 Å². The zero-order chi connectivity index (χ0) is 22.7. The molecule has 0 N–H and O–H groups in total. The topological polar surface area (TPSA) is 65.6 Å². The molecule has 8 heteroatoms. The number of hydrogen-bond donors (Lipinski definition) is 0. The molecule has 0 saturated carbocycles. The molecule has 2 fully saturated rings. The van der Waals surface area contributed by atoms with Crippen LogP contribution in [0.2, 0.25) is 0 Å². The van der Waals surface area contributed by atoms with Crippen molar-refractivity contribution in [2.24, 2.45) is 0 Å². The first-order chi connectivity index (χ1) is 15.5. The van der Waals surface area contributed by atoms with Crippen LogP contribution in [0.25, 0.3) is 5.57 Å². The predicted molar refractivity (Wildman–Crippen MR) is 122 cm³/mol. The zero-order valence-corrected chi connectivity index (χ0v) is 19.4. The highest BCUT2D eigenvalue weighted by atomic mass is 16.5. The van der Waals surface area contributed by atoms with Crippen molar-refractivity contribution in [2.75, 3.05) is 73.7 Å². The Labute approximate surface area is 190 Å². The van der Waals surface area contributed by atoms with E-state index >= 15 is 0 Å². The van der Waals surface area contributed by atoms with Crippen LogP contribution in [0, 0.1) is 0 Å². The van der Waals surface area contributed by atoms with E-state index in [-0.39, 0.29) is 17.9 Å². The standard InChI is InChI=1S/C24H34N4O4/c1-25-10-8-18(9-11-25)26(2)22-21(19-6-4-5-7-20(19)31-3)23(29)28(24(22)30)13-12-27-14-16-32-17-15-27/h4-7,18H,8-17H2,1-3H3. The minimum absolute atomic E-state index is 0.203. The van der Waals surface area contributed by atoms with Gasteiger partial charge in [0.25, 0.3) is 11.8 Å². The fourth-order valence-electron chi connectivity index (χ4n) is 4.82. The smallest absolute Gasteiger partial charge is 0.277 e. The van der Waals surface area contributed by atoms with E-state index < -0.39 is 0 Å². The number of likely N-dealkylation sites (tertiary alicyclic amines) is 1. The Morgan fingerprint density at radius 1 is 1.03 bits per heavy atom. The number of methoxy groups -OCH3 is 1. The molecule has 0 aliphatic carbocycles. The maximum absolute atomic E-state index is 13.6. The minimum Gasteiger partial charge on any atom is -0.496 e. The van der Waals surface area contributed by atoms with Crippen LogP contribution in [0.1, 0.15) is 18.4 Å². The van der Waals surface area contributed by atoms with Gasteiger partial charge in [-0.2, -0.15) is 0 Å². The SMILES string of the molecule is COc1ccccc1C1=C(N(C)C2CCN(C)CC2)C(=O)N(CCN2CCOCC2)C1=O. The van der Waals surface area contributed by atoms with Crippen molar-refractivity contribution in [3.05, 3.63) is 35.5 Å². The number of likely N-dealkylation sites (N-methyl/N-ethyl adjacent to an activating group) is 1. The summed E-state index contributed by atoms with van der Waals surface area (Å²) in [6, 6.07) is 7.69. The van der Waals surface area contributed by atoms with Crippen molar-refractivity contribution in [1.29, 1.82) is 0 Å². The molecule has 3 aliphatic heterocycles. The highest BCUT2D eigenvalue weighted by Gasteiger charge is 2.43. The fraction of sp³-hybridized carbons (Fsp3) is 0.583. The van der Waals surface area contributed by atoms with Gasteiger partial charge in [-0.1, -0.05) is 18.2 Å². The molecule has 8 nitrogen and oxygen atoms in total. The number of piperidine rings is 1. The van der Waals surface area contributed by atoms with Gasteiger partial charge in [0.05, 0.1) is 25.9 Å². The van der Waals surface area contributed by atoms with Gasteiger partial charge in [-0.25, -0.2) is 0 Å². The summed E-state index contributed by atoms with van der Waals surface area (Å²) in [6.07, 6.45) is 1.93. The highest BCUT2D eigenvalue weighted by Crippen LogP contribution is 2.37. The third kappa shape index (κ3) is 4.53. The molecule has 1 aromatic carbocycles. The monoisotopic (exact) mass is 442 g/mol. The number of ether oxygens (including phenoxy) is 2. The number of benzene rings is 1. The van der Waals surface area contributed by atoms with Crippen molar-refractivity contribution < 1.29 is 19.1 Å². The summed E-state index contributed by atoms with van der Waals surface area (Å²) in [7, 11) is 5.67. The second kappa shape index (κ2) is 10.0. The van der Waals surface area contributed by atoms with E-state index in [9.17, 15) is 9.59 Å². The maximum Gasteiger partial charge on any atom is 0.277 e. The van der Waals surface area contributed by atoms with Crippen LogP contribution in [0.3, 0.4) is 0 Å². The molecule has 32 heavy (non-hydrogen) atoms. The lowest BCUT2D eigenvalue weighted by Gasteiger charge is -2.36. The molecule has 3 heterocycles. The number of carbonyl (C=O) groups is 2. The Balaban J connectivity index is 1.64. The molecule has 2 saturated heterocycles. The van der Waals surface area contributed by atoms with Crippen LogP contribution in [-0.4, -0.2) is 111 Å². The Hall–Kier alpha value is -2.42. The Morgan fingerprint density at radius 3 is 2.41 bits per heavy atom. The molecule has 3 aliphatic rings. The summed E-state index contributed by atoms with van der Waals surface area (Å²) in [4.78, 5) is 35.3. The second-order valence-electron chi connectivity index (χ2n) is 8.79. The first kappa shape index (κ1) is 22.8. The Bertz CT molecular complexity index is 873. The quantitative estimate of drug-likeness (QED) is 0.587. The number of imide groups is 1. The number of carbonyl (C=O) groups excluding carboxylic acids is 2. The van der Waals surface area contributed by atoms with Crippen molar-refractivity contribution in [3.63, 3.8) is 0 Å². The Kier molecular flexibility index (Phi) is 7.13. The predicted octanol–water partition coefficient (Wildman–Crippen LogP) is 1.13. The summed E-state index contributed by atoms with van der Waals surface area (Å²) >= 11 is 0. The molecule has 0 aromatic heterocycles. The lowest BCUT2D eigenvalue weighted by atomic mass is 9.99. The summed E-state index contributed by atoms with van der Waals surface area (Å²) in [5.41, 5.74) is 1.63. The summed E-state index contributed by atoms with van der Waals surface area (Å²) in [5, 5.41) is 0. The van der Waals surface area contributed by atoms with E-state index in [0.29, 0.717) is 48.9 Å². The van der Waals surface area contributed by atoms with E-state index in [4.69, 9.17) is 9.47 Å². The molecular formula is C24H34N4O4. The van der Waals surface area contributed by atoms with Gasteiger partial charge in [-0.05, 0) is 39.0 Å². The van der Waals surface area contributed by atoms with Gasteiger partial charge in [-0.15, -0.1) is 0 Å². The summed E-state index contributed by atoms with van der Waals surface area (Å²) < 4.78 is 11.0. The third-order valence-corrected chi connectivity index (χ3v) is 6.85. The van der Waals surface area contributed by atoms with Gasteiger partial charge in [0.15, 0.2) is 0 Å². The van der Waals surface area contributed by atoms with Crippen LogP contribution < -0.4 is 4.74 Å². The summed E-state index contributed by atoms with van der Waals surface area (Å²) in [5.74, 6) is 0.168. The lowest BCUT2D eigenvalue weighted by molar-refractivity contribution is -0.138. The molecule has 4 rings (SSSR count). The molecule has 0 atom stereocenters. The van der Waals surface area contributed by atoms with Gasteiger partial charge < -0.3 is 19.3 Å². The van der Waals surface area contributed by atoms with Crippen LogP contribution in [0.4, 0.5) is 0 Å². The Morgan fingerprint density at radius 2 is 1.72 bits per heavy atom. The first-order valence-electron chi connectivity index (χ1n) is 11.5. The second-order valence-corrected chi connectivity index (χ2v) is 8.79.